The second-order valence-electron chi connectivity index (χ2n) is 7.63. The number of nitrogens with one attached hydrogen (secondary N) is 1. The number of carbonyl (C=O) groups excluding carboxylic acids is 1. The average Bonchev–Trinajstić information content (AvgIpc) is 3.00. The molecule has 1 aromatic heterocycles. The van der Waals surface area contributed by atoms with Gasteiger partial charge in [-0.1, -0.05) is 43.5 Å². The van der Waals surface area contributed by atoms with Gasteiger partial charge in [0, 0.05) is 31.6 Å². The fourth-order valence-electron chi connectivity index (χ4n) is 3.61. The highest BCUT2D eigenvalue weighted by molar-refractivity contribution is 5.78. The molecule has 0 unspecified atom stereocenters. The topological polar surface area (TPSA) is 50.2 Å². The summed E-state index contributed by atoms with van der Waals surface area (Å²) in [4.78, 5) is 14.4. The van der Waals surface area contributed by atoms with Crippen molar-refractivity contribution in [3.63, 3.8) is 0 Å². The van der Waals surface area contributed by atoms with Gasteiger partial charge >= 0.3 is 0 Å². The van der Waals surface area contributed by atoms with Crippen molar-refractivity contribution in [1.29, 1.82) is 0 Å². The van der Waals surface area contributed by atoms with Crippen LogP contribution in [0.1, 0.15) is 43.4 Å². The first-order valence-corrected chi connectivity index (χ1v) is 9.57. The first-order chi connectivity index (χ1) is 12.5. The van der Waals surface area contributed by atoms with Crippen molar-refractivity contribution < 1.29 is 4.79 Å². The van der Waals surface area contributed by atoms with Crippen LogP contribution < -0.4 is 5.32 Å². The maximum absolute atomic E-state index is 12.3. The van der Waals surface area contributed by atoms with Gasteiger partial charge in [-0.25, -0.2) is 0 Å². The number of hydrogen-bond donors (Lipinski definition) is 1. The molecule has 1 heterocycles. The zero-order chi connectivity index (χ0) is 18.5. The Hall–Kier alpha value is -2.14. The second kappa shape index (κ2) is 8.49. The molecular weight excluding hydrogens is 324 g/mol. The standard InChI is InChI=1S/C21H30N4O/c1-24(2)15-19-13-20(23-25(19)3)17-11-9-16(10-12-17)14-22-21(26)18-7-5-4-6-8-18/h9-13,18H,4-8,14-15H2,1-3H3,(H,22,26). The van der Waals surface area contributed by atoms with Crippen LogP contribution in [0.25, 0.3) is 11.3 Å². The van der Waals surface area contributed by atoms with Crippen molar-refractivity contribution >= 4 is 5.91 Å². The molecule has 1 fully saturated rings. The van der Waals surface area contributed by atoms with E-state index in [4.69, 9.17) is 0 Å². The molecule has 0 bridgehead atoms. The molecule has 0 radical (unpaired) electrons. The van der Waals surface area contributed by atoms with Gasteiger partial charge in [-0.3, -0.25) is 9.48 Å². The van der Waals surface area contributed by atoms with Crippen molar-refractivity contribution in [2.75, 3.05) is 14.1 Å². The van der Waals surface area contributed by atoms with Gasteiger partial charge in [0.25, 0.3) is 0 Å². The third-order valence-electron chi connectivity index (χ3n) is 5.15. The number of benzene rings is 1. The molecule has 0 spiro atoms. The quantitative estimate of drug-likeness (QED) is 0.865. The lowest BCUT2D eigenvalue weighted by atomic mass is 9.88. The van der Waals surface area contributed by atoms with E-state index in [1.165, 1.54) is 25.0 Å². The summed E-state index contributed by atoms with van der Waals surface area (Å²) in [5, 5.41) is 7.72. The van der Waals surface area contributed by atoms with E-state index in [1.807, 2.05) is 11.7 Å². The molecule has 1 aliphatic carbocycles. The molecule has 0 aliphatic heterocycles. The van der Waals surface area contributed by atoms with E-state index < -0.39 is 0 Å². The Bertz CT molecular complexity index is 727. The molecule has 1 amide bonds. The molecule has 0 saturated heterocycles. The Morgan fingerprint density at radius 3 is 2.54 bits per heavy atom. The number of nitrogens with zero attached hydrogens (tertiary/aromatic N) is 3. The number of aromatic nitrogens is 2. The van der Waals surface area contributed by atoms with Crippen LogP contribution in [0.4, 0.5) is 0 Å². The number of aryl methyl sites for hydroxylation is 1. The summed E-state index contributed by atoms with van der Waals surface area (Å²) in [6.45, 7) is 1.47. The second-order valence-corrected chi connectivity index (χ2v) is 7.63. The molecule has 140 valence electrons. The largest absolute Gasteiger partial charge is 0.352 e. The van der Waals surface area contributed by atoms with Crippen molar-refractivity contribution in [1.82, 2.24) is 20.0 Å². The predicted octanol–water partition coefficient (Wildman–Crippen LogP) is 3.35. The zero-order valence-electron chi connectivity index (χ0n) is 16.2. The number of carbonyl (C=O) groups is 1. The molecule has 1 N–H and O–H groups in total. The Morgan fingerprint density at radius 1 is 1.19 bits per heavy atom. The van der Waals surface area contributed by atoms with Gasteiger partial charge in [-0.15, -0.1) is 0 Å². The van der Waals surface area contributed by atoms with E-state index in [0.29, 0.717) is 6.54 Å². The summed E-state index contributed by atoms with van der Waals surface area (Å²) in [5.74, 6) is 0.429. The maximum atomic E-state index is 12.3. The normalized spacial score (nSPS) is 15.4. The van der Waals surface area contributed by atoms with Crippen molar-refractivity contribution in [3.05, 3.63) is 41.6 Å². The van der Waals surface area contributed by atoms with Gasteiger partial charge in [-0.05, 0) is 38.6 Å². The maximum Gasteiger partial charge on any atom is 0.223 e. The summed E-state index contributed by atoms with van der Waals surface area (Å²) in [7, 11) is 6.10. The minimum Gasteiger partial charge on any atom is -0.352 e. The minimum absolute atomic E-state index is 0.214. The van der Waals surface area contributed by atoms with Gasteiger partial charge in [0.1, 0.15) is 0 Å². The number of rotatable bonds is 6. The molecule has 5 heteroatoms. The lowest BCUT2D eigenvalue weighted by Gasteiger charge is -2.20. The minimum atomic E-state index is 0.214. The van der Waals surface area contributed by atoms with E-state index in [1.54, 1.807) is 0 Å². The predicted molar refractivity (Wildman–Crippen MR) is 104 cm³/mol. The average molecular weight is 354 g/mol. The van der Waals surface area contributed by atoms with Crippen LogP contribution in [0.2, 0.25) is 0 Å². The molecule has 5 nitrogen and oxygen atoms in total. The van der Waals surface area contributed by atoms with Crippen LogP contribution >= 0.6 is 0 Å². The Morgan fingerprint density at radius 2 is 1.88 bits per heavy atom. The Labute approximate surface area is 156 Å². The molecule has 26 heavy (non-hydrogen) atoms. The molecule has 1 saturated carbocycles. The van der Waals surface area contributed by atoms with Crippen LogP contribution in [-0.2, 0) is 24.9 Å². The van der Waals surface area contributed by atoms with Crippen molar-refractivity contribution in [2.24, 2.45) is 13.0 Å². The lowest BCUT2D eigenvalue weighted by Crippen LogP contribution is -2.31. The summed E-state index contributed by atoms with van der Waals surface area (Å²) in [5.41, 5.74) is 4.41. The fraction of sp³-hybridized carbons (Fsp3) is 0.524. The van der Waals surface area contributed by atoms with E-state index in [-0.39, 0.29) is 11.8 Å². The molecule has 0 atom stereocenters. The number of amides is 1. The van der Waals surface area contributed by atoms with Gasteiger partial charge in [0.05, 0.1) is 11.4 Å². The Balaban J connectivity index is 1.59. The van der Waals surface area contributed by atoms with Crippen LogP contribution in [0.3, 0.4) is 0 Å². The first-order valence-electron chi connectivity index (χ1n) is 9.57. The van der Waals surface area contributed by atoms with E-state index >= 15 is 0 Å². The molecular formula is C21H30N4O. The third kappa shape index (κ3) is 4.73. The fourth-order valence-corrected chi connectivity index (χ4v) is 3.61. The summed E-state index contributed by atoms with van der Waals surface area (Å²) in [6, 6.07) is 10.5. The molecule has 2 aromatic rings. The highest BCUT2D eigenvalue weighted by Gasteiger charge is 2.20. The van der Waals surface area contributed by atoms with Crippen molar-refractivity contribution in [2.45, 2.75) is 45.2 Å². The smallest absolute Gasteiger partial charge is 0.223 e. The van der Waals surface area contributed by atoms with E-state index in [0.717, 1.165) is 36.2 Å². The molecule has 1 aliphatic rings. The summed E-state index contributed by atoms with van der Waals surface area (Å²) >= 11 is 0. The van der Waals surface area contributed by atoms with Gasteiger partial charge in [0.15, 0.2) is 0 Å². The zero-order valence-corrected chi connectivity index (χ0v) is 16.2. The van der Waals surface area contributed by atoms with Gasteiger partial charge < -0.3 is 10.2 Å². The van der Waals surface area contributed by atoms with Gasteiger partial charge in [-0.2, -0.15) is 5.10 Å². The third-order valence-corrected chi connectivity index (χ3v) is 5.15. The summed E-state index contributed by atoms with van der Waals surface area (Å²) < 4.78 is 1.94. The van der Waals surface area contributed by atoms with Crippen LogP contribution in [0, 0.1) is 5.92 Å². The Kier molecular flexibility index (Phi) is 6.09. The molecule has 3 rings (SSSR count). The highest BCUT2D eigenvalue weighted by atomic mass is 16.1. The van der Waals surface area contributed by atoms with Crippen LogP contribution in [-0.4, -0.2) is 34.7 Å². The van der Waals surface area contributed by atoms with Crippen molar-refractivity contribution in [3.8, 4) is 11.3 Å². The van der Waals surface area contributed by atoms with E-state index in [9.17, 15) is 4.79 Å². The molecule has 1 aromatic carbocycles. The monoisotopic (exact) mass is 354 g/mol. The van der Waals surface area contributed by atoms with Crippen LogP contribution in [0.5, 0.6) is 0 Å². The first kappa shape index (κ1) is 18.6. The SMILES string of the molecule is CN(C)Cc1cc(-c2ccc(CNC(=O)C3CCCCC3)cc2)nn1C. The van der Waals surface area contributed by atoms with Crippen LogP contribution in [0.15, 0.2) is 30.3 Å². The lowest BCUT2D eigenvalue weighted by molar-refractivity contribution is -0.126. The van der Waals surface area contributed by atoms with Gasteiger partial charge in [0.2, 0.25) is 5.91 Å². The summed E-state index contributed by atoms with van der Waals surface area (Å²) in [6.07, 6.45) is 5.73. The van der Waals surface area contributed by atoms with E-state index in [2.05, 4.69) is 59.7 Å². The number of hydrogen-bond acceptors (Lipinski definition) is 3. The highest BCUT2D eigenvalue weighted by Crippen LogP contribution is 2.24.